The van der Waals surface area contributed by atoms with E-state index in [4.69, 9.17) is 4.74 Å². The number of methoxy groups -OCH3 is 1. The van der Waals surface area contributed by atoms with Gasteiger partial charge in [0.1, 0.15) is 0 Å². The van der Waals surface area contributed by atoms with E-state index in [1.54, 1.807) is 0 Å². The monoisotopic (exact) mass is 219 g/mol. The van der Waals surface area contributed by atoms with Gasteiger partial charge in [0.15, 0.2) is 0 Å². The maximum absolute atomic E-state index is 11.4. The molecule has 2 rings (SSSR count). The summed E-state index contributed by atoms with van der Waals surface area (Å²) in [6, 6.07) is 8.36. The molecule has 16 heavy (non-hydrogen) atoms. The van der Waals surface area contributed by atoms with E-state index in [1.165, 1.54) is 18.2 Å². The van der Waals surface area contributed by atoms with Crippen LogP contribution in [0.1, 0.15) is 23.5 Å². The summed E-state index contributed by atoms with van der Waals surface area (Å²) >= 11 is 0. The first-order valence-electron chi connectivity index (χ1n) is 5.66. The van der Waals surface area contributed by atoms with Crippen LogP contribution in [-0.4, -0.2) is 26.2 Å². The van der Waals surface area contributed by atoms with Gasteiger partial charge in [0.05, 0.1) is 13.5 Å². The van der Waals surface area contributed by atoms with Crippen LogP contribution < -0.4 is 5.32 Å². The molecule has 3 heteroatoms. The third kappa shape index (κ3) is 2.42. The van der Waals surface area contributed by atoms with Crippen LogP contribution in [0.3, 0.4) is 0 Å². The molecule has 0 aromatic heterocycles. The molecule has 3 nitrogen and oxygen atoms in total. The second kappa shape index (κ2) is 5.12. The summed E-state index contributed by atoms with van der Waals surface area (Å²) in [5.74, 6) is 0.106. The fourth-order valence-electron chi connectivity index (χ4n) is 2.24. The second-order valence-corrected chi connectivity index (χ2v) is 4.13. The Kier molecular flexibility index (Phi) is 3.57. The molecule has 1 atom stereocenters. The number of rotatable bonds is 2. The molecule has 1 aromatic rings. The Hall–Kier alpha value is -1.35. The van der Waals surface area contributed by atoms with E-state index in [0.29, 0.717) is 6.42 Å². The Morgan fingerprint density at radius 3 is 3.12 bits per heavy atom. The van der Waals surface area contributed by atoms with E-state index in [-0.39, 0.29) is 11.9 Å². The SMILES string of the molecule is COC(=O)CC1CNCCc2ccccc21. The van der Waals surface area contributed by atoms with E-state index in [0.717, 1.165) is 19.5 Å². The molecule has 0 fully saturated rings. The molecule has 0 saturated carbocycles. The maximum atomic E-state index is 11.4. The largest absolute Gasteiger partial charge is 0.469 e. The molecule has 0 aliphatic carbocycles. The van der Waals surface area contributed by atoms with E-state index in [1.807, 2.05) is 6.07 Å². The van der Waals surface area contributed by atoms with Crippen LogP contribution >= 0.6 is 0 Å². The van der Waals surface area contributed by atoms with Gasteiger partial charge in [0.25, 0.3) is 0 Å². The van der Waals surface area contributed by atoms with Crippen LogP contribution in [0.25, 0.3) is 0 Å². The van der Waals surface area contributed by atoms with E-state index in [9.17, 15) is 4.79 Å². The fourth-order valence-corrected chi connectivity index (χ4v) is 2.24. The van der Waals surface area contributed by atoms with Gasteiger partial charge in [-0.05, 0) is 24.1 Å². The topological polar surface area (TPSA) is 38.3 Å². The Morgan fingerprint density at radius 1 is 1.50 bits per heavy atom. The van der Waals surface area contributed by atoms with E-state index < -0.39 is 0 Å². The molecule has 0 radical (unpaired) electrons. The zero-order chi connectivity index (χ0) is 11.4. The molecule has 1 aliphatic heterocycles. The summed E-state index contributed by atoms with van der Waals surface area (Å²) in [7, 11) is 1.44. The van der Waals surface area contributed by atoms with E-state index in [2.05, 4.69) is 23.5 Å². The zero-order valence-corrected chi connectivity index (χ0v) is 9.53. The van der Waals surface area contributed by atoms with Crippen molar-refractivity contribution in [2.45, 2.75) is 18.8 Å². The normalized spacial score (nSPS) is 19.7. The van der Waals surface area contributed by atoms with Crippen molar-refractivity contribution in [3.63, 3.8) is 0 Å². The lowest BCUT2D eigenvalue weighted by molar-refractivity contribution is -0.141. The Labute approximate surface area is 95.8 Å². The van der Waals surface area contributed by atoms with Gasteiger partial charge in [0, 0.05) is 12.5 Å². The predicted molar refractivity (Wildman–Crippen MR) is 62.4 cm³/mol. The molecule has 1 aliphatic rings. The van der Waals surface area contributed by atoms with Gasteiger partial charge in [-0.15, -0.1) is 0 Å². The standard InChI is InChI=1S/C13H17NO2/c1-16-13(15)8-11-9-14-7-6-10-4-2-3-5-12(10)11/h2-5,11,14H,6-9H2,1H3. The molecular formula is C13H17NO2. The molecule has 86 valence electrons. The summed E-state index contributed by atoms with van der Waals surface area (Å²) in [4.78, 5) is 11.4. The lowest BCUT2D eigenvalue weighted by Crippen LogP contribution is -2.22. The van der Waals surface area contributed by atoms with Crippen LogP contribution in [0, 0.1) is 0 Å². The second-order valence-electron chi connectivity index (χ2n) is 4.13. The number of carbonyl (C=O) groups excluding carboxylic acids is 1. The van der Waals surface area contributed by atoms with Gasteiger partial charge in [-0.1, -0.05) is 24.3 Å². The number of carbonyl (C=O) groups is 1. The Balaban J connectivity index is 2.22. The van der Waals surface area contributed by atoms with Crippen molar-refractivity contribution in [1.29, 1.82) is 0 Å². The quantitative estimate of drug-likeness (QED) is 0.766. The van der Waals surface area contributed by atoms with Crippen LogP contribution in [0.5, 0.6) is 0 Å². The number of hydrogen-bond donors (Lipinski definition) is 1. The first-order valence-corrected chi connectivity index (χ1v) is 5.66. The predicted octanol–water partition coefficient (Wildman–Crippen LogP) is 1.48. The lowest BCUT2D eigenvalue weighted by Gasteiger charge is -2.15. The van der Waals surface area contributed by atoms with Gasteiger partial charge >= 0.3 is 5.97 Å². The lowest BCUT2D eigenvalue weighted by atomic mass is 9.91. The van der Waals surface area contributed by atoms with Gasteiger partial charge in [0.2, 0.25) is 0 Å². The van der Waals surface area contributed by atoms with Gasteiger partial charge in [-0.2, -0.15) is 0 Å². The zero-order valence-electron chi connectivity index (χ0n) is 9.53. The Bertz CT molecular complexity index is 376. The van der Waals surface area contributed by atoms with Crippen molar-refractivity contribution < 1.29 is 9.53 Å². The van der Waals surface area contributed by atoms with Crippen molar-refractivity contribution >= 4 is 5.97 Å². The van der Waals surface area contributed by atoms with Crippen LogP contribution in [0.15, 0.2) is 24.3 Å². The number of ether oxygens (including phenoxy) is 1. The minimum absolute atomic E-state index is 0.136. The minimum Gasteiger partial charge on any atom is -0.469 e. The Morgan fingerprint density at radius 2 is 2.31 bits per heavy atom. The number of nitrogens with one attached hydrogen (secondary N) is 1. The minimum atomic E-state index is -0.136. The summed E-state index contributed by atoms with van der Waals surface area (Å²) < 4.78 is 4.74. The summed E-state index contributed by atoms with van der Waals surface area (Å²) in [5.41, 5.74) is 2.64. The smallest absolute Gasteiger partial charge is 0.306 e. The third-order valence-corrected chi connectivity index (χ3v) is 3.10. The van der Waals surface area contributed by atoms with E-state index >= 15 is 0 Å². The first kappa shape index (κ1) is 11.1. The first-order chi connectivity index (χ1) is 7.81. The summed E-state index contributed by atoms with van der Waals surface area (Å²) in [6.07, 6.45) is 1.49. The van der Waals surface area contributed by atoms with Crippen LogP contribution in [0.4, 0.5) is 0 Å². The average molecular weight is 219 g/mol. The molecule has 1 unspecified atom stereocenters. The molecule has 0 saturated heterocycles. The number of fused-ring (bicyclic) bond motifs is 1. The summed E-state index contributed by atoms with van der Waals surface area (Å²) in [6.45, 7) is 1.83. The van der Waals surface area contributed by atoms with Crippen molar-refractivity contribution in [2.24, 2.45) is 0 Å². The highest BCUT2D eigenvalue weighted by atomic mass is 16.5. The van der Waals surface area contributed by atoms with Crippen molar-refractivity contribution in [3.8, 4) is 0 Å². The third-order valence-electron chi connectivity index (χ3n) is 3.10. The summed E-state index contributed by atoms with van der Waals surface area (Å²) in [5, 5.41) is 3.37. The molecule has 0 bridgehead atoms. The number of esters is 1. The highest BCUT2D eigenvalue weighted by Crippen LogP contribution is 2.25. The number of benzene rings is 1. The van der Waals surface area contributed by atoms with Crippen LogP contribution in [-0.2, 0) is 16.0 Å². The van der Waals surface area contributed by atoms with Crippen molar-refractivity contribution in [2.75, 3.05) is 20.2 Å². The maximum Gasteiger partial charge on any atom is 0.306 e. The highest BCUT2D eigenvalue weighted by molar-refractivity contribution is 5.70. The molecule has 0 spiro atoms. The van der Waals surface area contributed by atoms with Crippen molar-refractivity contribution in [1.82, 2.24) is 5.32 Å². The average Bonchev–Trinajstić information content (AvgIpc) is 2.52. The molecule has 1 aromatic carbocycles. The fraction of sp³-hybridized carbons (Fsp3) is 0.462. The van der Waals surface area contributed by atoms with Crippen molar-refractivity contribution in [3.05, 3.63) is 35.4 Å². The van der Waals surface area contributed by atoms with Gasteiger partial charge in [-0.25, -0.2) is 0 Å². The molecular weight excluding hydrogens is 202 g/mol. The molecule has 1 heterocycles. The molecule has 0 amide bonds. The molecule has 1 N–H and O–H groups in total. The van der Waals surface area contributed by atoms with Crippen LogP contribution in [0.2, 0.25) is 0 Å². The van der Waals surface area contributed by atoms with Gasteiger partial charge < -0.3 is 10.1 Å². The van der Waals surface area contributed by atoms with Gasteiger partial charge in [-0.3, -0.25) is 4.79 Å². The highest BCUT2D eigenvalue weighted by Gasteiger charge is 2.20. The number of hydrogen-bond acceptors (Lipinski definition) is 3.